The Hall–Kier alpha value is -1.86. The summed E-state index contributed by atoms with van der Waals surface area (Å²) in [6, 6.07) is 5.69. The first-order valence-electron chi connectivity index (χ1n) is 4.15. The van der Waals surface area contributed by atoms with Crippen molar-refractivity contribution in [1.29, 1.82) is 0 Å². The Kier molecular flexibility index (Phi) is 2.21. The topological polar surface area (TPSA) is 101 Å². The molecule has 0 bridgehead atoms. The van der Waals surface area contributed by atoms with Gasteiger partial charge in [-0.05, 0) is 6.07 Å². The minimum atomic E-state index is -4.74. The average molecular weight is 239 g/mol. The number of amides is 1. The molecule has 7 heteroatoms. The number of para-hydroxylation sites is 1. The van der Waals surface area contributed by atoms with Gasteiger partial charge in [0.05, 0.1) is 5.36 Å². The van der Waals surface area contributed by atoms with E-state index in [1.807, 2.05) is 0 Å². The van der Waals surface area contributed by atoms with Gasteiger partial charge in [-0.2, -0.15) is 8.42 Å². The maximum atomic E-state index is 11.3. The van der Waals surface area contributed by atoms with E-state index in [2.05, 4.69) is 4.99 Å². The molecule has 1 N–H and O–H groups in total. The van der Waals surface area contributed by atoms with E-state index in [-0.39, 0.29) is 10.6 Å². The first-order valence-corrected chi connectivity index (χ1v) is 5.59. The second-order valence-electron chi connectivity index (χ2n) is 3.07. The summed E-state index contributed by atoms with van der Waals surface area (Å²) >= 11 is 0. The van der Waals surface area contributed by atoms with Gasteiger partial charge in [0.15, 0.2) is 4.91 Å². The minimum Gasteiger partial charge on any atom is -0.282 e. The third-order valence-electron chi connectivity index (χ3n) is 2.03. The van der Waals surface area contributed by atoms with Gasteiger partial charge in [0, 0.05) is 5.22 Å². The van der Waals surface area contributed by atoms with E-state index in [4.69, 9.17) is 4.55 Å². The van der Waals surface area contributed by atoms with Crippen LogP contribution in [0.3, 0.4) is 0 Å². The molecule has 0 saturated carbocycles. The molecule has 2 rings (SSSR count). The van der Waals surface area contributed by atoms with E-state index in [0.29, 0.717) is 0 Å². The Morgan fingerprint density at radius 3 is 2.38 bits per heavy atom. The molecular weight excluding hydrogens is 234 g/mol. The quantitative estimate of drug-likeness (QED) is 0.470. The maximum Gasteiger partial charge on any atom is 0.319 e. The van der Waals surface area contributed by atoms with E-state index in [1.165, 1.54) is 24.3 Å². The van der Waals surface area contributed by atoms with Crippen LogP contribution in [0.15, 0.2) is 29.3 Å². The Bertz CT molecular complexity index is 717. The molecule has 0 spiro atoms. The minimum absolute atomic E-state index is 0.0553. The van der Waals surface area contributed by atoms with Crippen LogP contribution >= 0.6 is 0 Å². The fraction of sp³-hybridized carbons (Fsp3) is 0. The molecule has 0 radical (unpaired) electrons. The Morgan fingerprint density at radius 2 is 1.75 bits per heavy atom. The molecule has 1 aromatic rings. The molecule has 0 saturated heterocycles. The molecule has 6 nitrogen and oxygen atoms in total. The summed E-state index contributed by atoms with van der Waals surface area (Å²) in [5.74, 6) is -2.52. The van der Waals surface area contributed by atoms with Crippen LogP contribution in [0.4, 0.5) is 0 Å². The van der Waals surface area contributed by atoms with Crippen LogP contribution in [0.25, 0.3) is 4.91 Å². The second-order valence-corrected chi connectivity index (χ2v) is 4.43. The molecule has 82 valence electrons. The lowest BCUT2D eigenvalue weighted by atomic mass is 10.2. The van der Waals surface area contributed by atoms with E-state index in [0.717, 1.165) is 0 Å². The van der Waals surface area contributed by atoms with Crippen LogP contribution in [0.5, 0.6) is 0 Å². The molecule has 1 aliphatic heterocycles. The summed E-state index contributed by atoms with van der Waals surface area (Å²) in [7, 11) is -4.74. The molecule has 1 aromatic carbocycles. The highest BCUT2D eigenvalue weighted by Crippen LogP contribution is 2.07. The Morgan fingerprint density at radius 1 is 1.12 bits per heavy atom. The van der Waals surface area contributed by atoms with Crippen molar-refractivity contribution >= 4 is 26.7 Å². The number of carbonyl (C=O) groups excluding carboxylic acids is 2. The number of fused-ring (bicyclic) bond motifs is 1. The predicted octanol–water partition coefficient (Wildman–Crippen LogP) is -1.59. The summed E-state index contributed by atoms with van der Waals surface area (Å²) < 4.78 is 30.9. The lowest BCUT2D eigenvalue weighted by Gasteiger charge is -2.04. The molecule has 1 aliphatic rings. The fourth-order valence-corrected chi connectivity index (χ4v) is 2.17. The van der Waals surface area contributed by atoms with Crippen LogP contribution in [0, 0.1) is 0 Å². The summed E-state index contributed by atoms with van der Waals surface area (Å²) in [4.78, 5) is 24.9. The summed E-state index contributed by atoms with van der Waals surface area (Å²) in [5, 5.41) is -0.00525. The molecular formula is C9H5NO5S. The van der Waals surface area contributed by atoms with Crippen molar-refractivity contribution < 1.29 is 22.6 Å². The number of ketones is 1. The van der Waals surface area contributed by atoms with Gasteiger partial charge in [-0.1, -0.05) is 18.2 Å². The highest BCUT2D eigenvalue weighted by Gasteiger charge is 2.31. The van der Waals surface area contributed by atoms with Gasteiger partial charge in [-0.25, -0.2) is 4.99 Å². The van der Waals surface area contributed by atoms with Crippen LogP contribution < -0.4 is 10.6 Å². The SMILES string of the molecule is O=C1N=c2ccccc2=C(S(=O)(=O)O)C1=O. The number of rotatable bonds is 1. The van der Waals surface area contributed by atoms with Crippen LogP contribution in [-0.4, -0.2) is 24.7 Å². The van der Waals surface area contributed by atoms with Gasteiger partial charge >= 0.3 is 5.91 Å². The van der Waals surface area contributed by atoms with E-state index in [9.17, 15) is 18.0 Å². The third-order valence-corrected chi connectivity index (χ3v) is 2.95. The van der Waals surface area contributed by atoms with Gasteiger partial charge < -0.3 is 0 Å². The zero-order valence-electron chi connectivity index (χ0n) is 7.75. The van der Waals surface area contributed by atoms with Crippen molar-refractivity contribution in [3.63, 3.8) is 0 Å². The monoisotopic (exact) mass is 239 g/mol. The highest BCUT2D eigenvalue weighted by atomic mass is 32.2. The van der Waals surface area contributed by atoms with Crippen molar-refractivity contribution in [2.75, 3.05) is 0 Å². The first-order chi connectivity index (χ1) is 7.41. The number of benzene rings is 1. The lowest BCUT2D eigenvalue weighted by molar-refractivity contribution is -0.132. The molecule has 0 unspecified atom stereocenters. The van der Waals surface area contributed by atoms with Crippen LogP contribution in [0.2, 0.25) is 0 Å². The summed E-state index contributed by atoms with van der Waals surface area (Å²) in [5.41, 5.74) is 0. The number of nitrogens with zero attached hydrogens (tertiary/aromatic N) is 1. The zero-order chi connectivity index (χ0) is 11.9. The summed E-state index contributed by atoms with van der Waals surface area (Å²) in [6.45, 7) is 0. The van der Waals surface area contributed by atoms with Gasteiger partial charge in [-0.15, -0.1) is 0 Å². The first kappa shape index (κ1) is 10.7. The van der Waals surface area contributed by atoms with Crippen LogP contribution in [-0.2, 0) is 19.7 Å². The second kappa shape index (κ2) is 3.32. The standard InChI is InChI=1S/C9H5NO5S/c11-7-8(16(13,14)15)5-3-1-2-4-6(5)10-9(7)12/h1-4H,(H,13,14,15). The van der Waals surface area contributed by atoms with Crippen molar-refractivity contribution in [3.05, 3.63) is 34.8 Å². The van der Waals surface area contributed by atoms with E-state index >= 15 is 0 Å². The molecule has 0 atom stereocenters. The Labute approximate surface area is 89.7 Å². The zero-order valence-corrected chi connectivity index (χ0v) is 8.56. The van der Waals surface area contributed by atoms with Gasteiger partial charge in [0.1, 0.15) is 0 Å². The molecule has 1 amide bonds. The van der Waals surface area contributed by atoms with Gasteiger partial charge in [0.25, 0.3) is 15.9 Å². The number of Topliss-reactive ketones (excluding diaryl/α,β-unsaturated/α-hetero) is 1. The van der Waals surface area contributed by atoms with Crippen molar-refractivity contribution in [2.45, 2.75) is 0 Å². The van der Waals surface area contributed by atoms with Gasteiger partial charge in [-0.3, -0.25) is 14.1 Å². The number of carbonyl (C=O) groups is 2. The largest absolute Gasteiger partial charge is 0.319 e. The molecule has 1 heterocycles. The van der Waals surface area contributed by atoms with Crippen molar-refractivity contribution in [3.8, 4) is 0 Å². The van der Waals surface area contributed by atoms with Crippen LogP contribution in [0.1, 0.15) is 0 Å². The van der Waals surface area contributed by atoms with E-state index in [1.54, 1.807) is 0 Å². The smallest absolute Gasteiger partial charge is 0.282 e. The van der Waals surface area contributed by atoms with Crippen molar-refractivity contribution in [2.24, 2.45) is 4.99 Å². The fourth-order valence-electron chi connectivity index (χ4n) is 1.40. The normalized spacial score (nSPS) is 15.7. The average Bonchev–Trinajstić information content (AvgIpc) is 2.17. The van der Waals surface area contributed by atoms with Gasteiger partial charge in [0.2, 0.25) is 0 Å². The predicted molar refractivity (Wildman–Crippen MR) is 52.2 cm³/mol. The summed E-state index contributed by atoms with van der Waals surface area (Å²) in [6.07, 6.45) is 0. The Balaban J connectivity index is 3.08. The third kappa shape index (κ3) is 1.55. The lowest BCUT2D eigenvalue weighted by Crippen LogP contribution is -2.40. The van der Waals surface area contributed by atoms with Crippen molar-refractivity contribution in [1.82, 2.24) is 0 Å². The number of hydrogen-bond acceptors (Lipinski definition) is 4. The van der Waals surface area contributed by atoms with E-state index < -0.39 is 26.7 Å². The molecule has 16 heavy (non-hydrogen) atoms. The molecule has 0 fully saturated rings. The maximum absolute atomic E-state index is 11.3. The highest BCUT2D eigenvalue weighted by molar-refractivity contribution is 7.96. The molecule has 0 aromatic heterocycles. The molecule has 0 aliphatic carbocycles. The number of hydrogen-bond donors (Lipinski definition) is 1.